The average Bonchev–Trinajstić information content (AvgIpc) is 3.19. The van der Waals surface area contributed by atoms with Crippen LogP contribution in [0.2, 0.25) is 0 Å². The van der Waals surface area contributed by atoms with Crippen LogP contribution in [0.4, 0.5) is 0 Å². The maximum absolute atomic E-state index is 13.2. The lowest BCUT2D eigenvalue weighted by Crippen LogP contribution is -2.38. The molecule has 1 aromatic carbocycles. The summed E-state index contributed by atoms with van der Waals surface area (Å²) < 4.78 is 17.9. The van der Waals surface area contributed by atoms with E-state index in [0.717, 1.165) is 16.6 Å². The van der Waals surface area contributed by atoms with Crippen molar-refractivity contribution in [2.24, 2.45) is 5.41 Å². The van der Waals surface area contributed by atoms with Crippen LogP contribution in [0.3, 0.4) is 0 Å². The van der Waals surface area contributed by atoms with E-state index < -0.39 is 11.9 Å². The van der Waals surface area contributed by atoms with Crippen LogP contribution in [0.25, 0.3) is 0 Å². The highest BCUT2D eigenvalue weighted by molar-refractivity contribution is 9.10. The predicted molar refractivity (Wildman–Crippen MR) is 123 cm³/mol. The summed E-state index contributed by atoms with van der Waals surface area (Å²) in [5.74, 6) is 0.785. The van der Waals surface area contributed by atoms with Gasteiger partial charge < -0.3 is 19.2 Å². The molecule has 1 unspecified atom stereocenters. The number of ketones is 1. The molecule has 0 spiro atoms. The molecule has 0 bridgehead atoms. The Balaban J connectivity index is 1.67. The molecule has 0 saturated heterocycles. The third-order valence-corrected chi connectivity index (χ3v) is 6.34. The highest BCUT2D eigenvalue weighted by Gasteiger charge is 2.44. The van der Waals surface area contributed by atoms with Crippen molar-refractivity contribution in [1.82, 2.24) is 5.32 Å². The smallest absolute Gasteiger partial charge is 0.336 e. The molecule has 7 heteroatoms. The van der Waals surface area contributed by atoms with Crippen LogP contribution in [0, 0.1) is 5.41 Å². The number of methoxy groups -OCH3 is 1. The number of allylic oxidation sites excluding steroid dienone is 3. The van der Waals surface area contributed by atoms with Gasteiger partial charge in [0, 0.05) is 27.9 Å². The summed E-state index contributed by atoms with van der Waals surface area (Å²) in [4.78, 5) is 25.9. The Hall–Kier alpha value is -2.80. The fourth-order valence-corrected chi connectivity index (χ4v) is 4.68. The van der Waals surface area contributed by atoms with E-state index in [0.29, 0.717) is 40.5 Å². The molecule has 32 heavy (non-hydrogen) atoms. The summed E-state index contributed by atoms with van der Waals surface area (Å²) in [7, 11) is 1.34. The monoisotopic (exact) mass is 499 g/mol. The summed E-state index contributed by atoms with van der Waals surface area (Å²) in [6.45, 7) is 6.21. The zero-order valence-electron chi connectivity index (χ0n) is 18.6. The second kappa shape index (κ2) is 8.62. The van der Waals surface area contributed by atoms with Crippen LogP contribution in [0.1, 0.15) is 51.1 Å². The molecule has 6 nitrogen and oxygen atoms in total. The largest absolute Gasteiger partial charge is 0.486 e. The van der Waals surface area contributed by atoms with Gasteiger partial charge in [0.05, 0.1) is 18.6 Å². The van der Waals surface area contributed by atoms with E-state index in [1.807, 2.05) is 43.3 Å². The fourth-order valence-electron chi connectivity index (χ4n) is 4.41. The number of carbonyl (C=O) groups excluding carboxylic acids is 2. The Bertz CT molecular complexity index is 1120. The maximum Gasteiger partial charge on any atom is 0.336 e. The van der Waals surface area contributed by atoms with E-state index in [2.05, 4.69) is 35.1 Å². The number of esters is 1. The first-order chi connectivity index (χ1) is 15.2. The van der Waals surface area contributed by atoms with Crippen LogP contribution < -0.4 is 10.1 Å². The van der Waals surface area contributed by atoms with Crippen molar-refractivity contribution < 1.29 is 23.5 Å². The lowest BCUT2D eigenvalue weighted by Gasteiger charge is -2.38. The first-order valence-corrected chi connectivity index (χ1v) is 11.3. The minimum absolute atomic E-state index is 0.0201. The van der Waals surface area contributed by atoms with E-state index in [-0.39, 0.29) is 17.8 Å². The number of ether oxygens (including phenoxy) is 2. The highest BCUT2D eigenvalue weighted by atomic mass is 79.9. The second-order valence-electron chi connectivity index (χ2n) is 8.97. The van der Waals surface area contributed by atoms with Crippen molar-refractivity contribution in [3.63, 3.8) is 0 Å². The Morgan fingerprint density at radius 3 is 2.59 bits per heavy atom. The summed E-state index contributed by atoms with van der Waals surface area (Å²) in [5, 5.41) is 3.29. The zero-order chi connectivity index (χ0) is 23.0. The topological polar surface area (TPSA) is 77.8 Å². The van der Waals surface area contributed by atoms with Gasteiger partial charge in [0.1, 0.15) is 23.9 Å². The molecule has 0 saturated carbocycles. The van der Waals surface area contributed by atoms with E-state index in [9.17, 15) is 9.59 Å². The van der Waals surface area contributed by atoms with E-state index in [1.165, 1.54) is 7.11 Å². The number of nitrogens with one attached hydrogen (secondary N) is 1. The second-order valence-corrected chi connectivity index (χ2v) is 9.88. The molecule has 0 amide bonds. The number of Topliss-reactive ketones (excluding diaryl/α,β-unsaturated/α-hetero) is 1. The van der Waals surface area contributed by atoms with Crippen molar-refractivity contribution in [2.75, 3.05) is 7.11 Å². The molecular weight excluding hydrogens is 474 g/mol. The van der Waals surface area contributed by atoms with Gasteiger partial charge in [-0.3, -0.25) is 4.79 Å². The molecule has 1 atom stereocenters. The van der Waals surface area contributed by atoms with Crippen molar-refractivity contribution in [3.05, 3.63) is 74.9 Å². The van der Waals surface area contributed by atoms with Gasteiger partial charge in [0.25, 0.3) is 0 Å². The quantitative estimate of drug-likeness (QED) is 0.555. The van der Waals surface area contributed by atoms with E-state index in [1.54, 1.807) is 0 Å². The molecule has 0 radical (unpaired) electrons. The van der Waals surface area contributed by atoms with Gasteiger partial charge in [0.2, 0.25) is 0 Å². The number of carbonyl (C=O) groups is 2. The molecule has 2 heterocycles. The van der Waals surface area contributed by atoms with E-state index >= 15 is 0 Å². The number of hydrogen-bond acceptors (Lipinski definition) is 6. The van der Waals surface area contributed by atoms with Gasteiger partial charge in [-0.05, 0) is 55.2 Å². The van der Waals surface area contributed by atoms with Gasteiger partial charge in [-0.1, -0.05) is 29.8 Å². The highest BCUT2D eigenvalue weighted by Crippen LogP contribution is 2.47. The number of furan rings is 1. The Morgan fingerprint density at radius 1 is 1.19 bits per heavy atom. The number of halogens is 1. The molecule has 4 rings (SSSR count). The lowest BCUT2D eigenvalue weighted by atomic mass is 9.69. The van der Waals surface area contributed by atoms with Crippen molar-refractivity contribution in [3.8, 4) is 5.75 Å². The standard InChI is InChI=1S/C25H26BrNO5/c1-14-21(24(29)30-4)23(22-18(27-14)11-25(2,3)12-19(22)28)20-10-9-17(32-20)13-31-16-7-5-15(26)6-8-16/h5-10,23,27H,11-13H2,1-4H3. The maximum atomic E-state index is 13.2. The van der Waals surface area contributed by atoms with Gasteiger partial charge in [-0.25, -0.2) is 4.79 Å². The predicted octanol–water partition coefficient (Wildman–Crippen LogP) is 5.40. The van der Waals surface area contributed by atoms with Crippen LogP contribution in [0.15, 0.2) is 67.8 Å². The number of hydrogen-bond donors (Lipinski definition) is 1. The summed E-state index contributed by atoms with van der Waals surface area (Å²) >= 11 is 3.40. The average molecular weight is 500 g/mol. The minimum atomic E-state index is -0.608. The van der Waals surface area contributed by atoms with Crippen molar-refractivity contribution in [2.45, 2.75) is 46.1 Å². The molecule has 0 fully saturated rings. The first kappa shape index (κ1) is 22.4. The molecule has 168 valence electrons. The van der Waals surface area contributed by atoms with Gasteiger partial charge in [0.15, 0.2) is 5.78 Å². The van der Waals surface area contributed by atoms with Gasteiger partial charge >= 0.3 is 5.97 Å². The lowest BCUT2D eigenvalue weighted by molar-refractivity contribution is -0.136. The Labute approximate surface area is 195 Å². The summed E-state index contributed by atoms with van der Waals surface area (Å²) in [5.41, 5.74) is 2.36. The van der Waals surface area contributed by atoms with Crippen LogP contribution in [-0.4, -0.2) is 18.9 Å². The first-order valence-electron chi connectivity index (χ1n) is 10.5. The summed E-state index contributed by atoms with van der Waals surface area (Å²) in [6, 6.07) is 11.2. The van der Waals surface area contributed by atoms with Crippen LogP contribution in [0.5, 0.6) is 5.75 Å². The molecule has 2 aromatic rings. The summed E-state index contributed by atoms with van der Waals surface area (Å²) in [6.07, 6.45) is 1.13. The number of benzene rings is 1. The molecule has 1 N–H and O–H groups in total. The molecular formula is C25H26BrNO5. The Kier molecular flexibility index (Phi) is 6.03. The number of rotatable bonds is 5. The van der Waals surface area contributed by atoms with Gasteiger partial charge in [-0.15, -0.1) is 0 Å². The zero-order valence-corrected chi connectivity index (χ0v) is 20.2. The fraction of sp³-hybridized carbons (Fsp3) is 0.360. The SMILES string of the molecule is COC(=O)C1=C(C)NC2=C(C(=O)CC(C)(C)C2)C1c1ccc(COc2ccc(Br)cc2)o1. The third kappa shape index (κ3) is 4.39. The van der Waals surface area contributed by atoms with E-state index in [4.69, 9.17) is 13.9 Å². The van der Waals surface area contributed by atoms with Crippen LogP contribution in [-0.2, 0) is 20.9 Å². The Morgan fingerprint density at radius 2 is 1.91 bits per heavy atom. The number of dihydropyridines is 1. The van der Waals surface area contributed by atoms with Crippen LogP contribution >= 0.6 is 15.9 Å². The molecule has 1 aromatic heterocycles. The van der Waals surface area contributed by atoms with Crippen molar-refractivity contribution in [1.29, 1.82) is 0 Å². The molecule has 2 aliphatic rings. The normalized spacial score (nSPS) is 20.0. The van der Waals surface area contributed by atoms with Crippen molar-refractivity contribution >= 4 is 27.7 Å². The van der Waals surface area contributed by atoms with Gasteiger partial charge in [-0.2, -0.15) is 0 Å². The molecule has 1 aliphatic carbocycles. The minimum Gasteiger partial charge on any atom is -0.486 e. The third-order valence-electron chi connectivity index (χ3n) is 5.81. The molecule has 1 aliphatic heterocycles.